The summed E-state index contributed by atoms with van der Waals surface area (Å²) < 4.78 is 25.8. The van der Waals surface area contributed by atoms with Crippen LogP contribution in [0.4, 0.5) is 0 Å². The molecule has 0 saturated carbocycles. The zero-order valence-corrected chi connectivity index (χ0v) is 15.0. The third-order valence-electron chi connectivity index (χ3n) is 2.32. The molecule has 0 aliphatic carbocycles. The molecule has 0 unspecified atom stereocenters. The third kappa shape index (κ3) is 28.0. The van der Waals surface area contributed by atoms with Crippen molar-refractivity contribution in [1.29, 1.82) is 0 Å². The van der Waals surface area contributed by atoms with E-state index in [-0.39, 0.29) is 18.8 Å². The second-order valence-electron chi connectivity index (χ2n) is 4.59. The average Bonchev–Trinajstić information content (AvgIpc) is 2.59. The summed E-state index contributed by atoms with van der Waals surface area (Å²) in [5, 5.41) is 24.8. The highest BCUT2D eigenvalue weighted by Gasteiger charge is 1.93. The van der Waals surface area contributed by atoms with E-state index in [1.54, 1.807) is 0 Å². The van der Waals surface area contributed by atoms with Crippen LogP contribution in [0, 0.1) is 0 Å². The molecule has 0 aromatic rings. The maximum absolute atomic E-state index is 9.60. The highest BCUT2D eigenvalue weighted by molar-refractivity contribution is 5.84. The molecular formula is C16H32O9. The lowest BCUT2D eigenvalue weighted by atomic mass is 10.4. The Morgan fingerprint density at radius 2 is 0.880 bits per heavy atom. The zero-order valence-electron chi connectivity index (χ0n) is 15.0. The van der Waals surface area contributed by atoms with Gasteiger partial charge in [-0.3, -0.25) is 0 Å². The van der Waals surface area contributed by atoms with E-state index in [0.717, 1.165) is 0 Å². The van der Waals surface area contributed by atoms with Crippen LogP contribution in [-0.2, 0) is 28.5 Å². The molecule has 0 aliphatic rings. The number of carbonyl (C=O) groups is 1. The summed E-state index contributed by atoms with van der Waals surface area (Å²) in [6, 6.07) is 0. The number of ether oxygens (including phenoxy) is 5. The van der Waals surface area contributed by atoms with Crippen molar-refractivity contribution in [3.8, 4) is 0 Å². The monoisotopic (exact) mass is 368 g/mol. The minimum atomic E-state index is -0.935. The van der Waals surface area contributed by atoms with Crippen LogP contribution in [0.25, 0.3) is 0 Å². The summed E-state index contributed by atoms with van der Waals surface area (Å²) in [6.07, 6.45) is 0. The summed E-state index contributed by atoms with van der Waals surface area (Å²) in [5.41, 5.74) is 0.176. The van der Waals surface area contributed by atoms with Crippen LogP contribution in [-0.4, -0.2) is 101 Å². The molecular weight excluding hydrogens is 336 g/mol. The number of carboxylic acid groups (broad SMARTS) is 1. The fourth-order valence-corrected chi connectivity index (χ4v) is 1.11. The summed E-state index contributed by atoms with van der Waals surface area (Å²) in [7, 11) is 0. The SMILES string of the molecule is C=C(C)C(=O)O.OCCOCCOCCOCCOCCOCCO. The summed E-state index contributed by atoms with van der Waals surface area (Å²) in [5.74, 6) is -0.935. The quantitative estimate of drug-likeness (QED) is 0.234. The summed E-state index contributed by atoms with van der Waals surface area (Å²) >= 11 is 0. The Morgan fingerprint density at radius 3 is 1.04 bits per heavy atom. The molecule has 150 valence electrons. The average molecular weight is 368 g/mol. The van der Waals surface area contributed by atoms with Crippen LogP contribution in [0.1, 0.15) is 6.92 Å². The van der Waals surface area contributed by atoms with Crippen molar-refractivity contribution in [3.63, 3.8) is 0 Å². The van der Waals surface area contributed by atoms with Crippen molar-refractivity contribution < 1.29 is 43.8 Å². The Hall–Kier alpha value is -1.07. The molecule has 0 aliphatic heterocycles. The zero-order chi connectivity index (χ0) is 19.2. The maximum atomic E-state index is 9.60. The van der Waals surface area contributed by atoms with Crippen molar-refractivity contribution >= 4 is 5.97 Å². The molecule has 3 N–H and O–H groups in total. The molecule has 0 fully saturated rings. The van der Waals surface area contributed by atoms with Gasteiger partial charge in [-0.1, -0.05) is 6.58 Å². The minimum Gasteiger partial charge on any atom is -0.478 e. The van der Waals surface area contributed by atoms with E-state index in [1.807, 2.05) is 0 Å². The number of rotatable bonds is 17. The van der Waals surface area contributed by atoms with Crippen molar-refractivity contribution in [2.75, 3.05) is 79.3 Å². The second kappa shape index (κ2) is 22.9. The Labute approximate surface area is 149 Å². The van der Waals surface area contributed by atoms with Crippen LogP contribution < -0.4 is 0 Å². The molecule has 0 saturated heterocycles. The van der Waals surface area contributed by atoms with E-state index in [2.05, 4.69) is 6.58 Å². The molecule has 0 aromatic carbocycles. The first kappa shape index (κ1) is 26.2. The van der Waals surface area contributed by atoms with Crippen molar-refractivity contribution in [2.24, 2.45) is 0 Å². The first-order valence-electron chi connectivity index (χ1n) is 8.05. The smallest absolute Gasteiger partial charge is 0.330 e. The Bertz CT molecular complexity index is 269. The predicted octanol–water partition coefficient (Wildman–Crippen LogP) is -0.299. The normalized spacial score (nSPS) is 10.2. The van der Waals surface area contributed by atoms with E-state index in [0.29, 0.717) is 66.1 Å². The van der Waals surface area contributed by atoms with Gasteiger partial charge in [-0.2, -0.15) is 0 Å². The number of aliphatic hydroxyl groups excluding tert-OH is 2. The standard InChI is InChI=1S/C12H26O7.C4H6O2/c13-1-3-15-5-7-17-9-11-19-12-10-18-8-6-16-4-2-14;1-3(2)4(5)6/h13-14H,1-12H2;1H2,2H3,(H,5,6). The molecule has 25 heavy (non-hydrogen) atoms. The Balaban J connectivity index is 0. The van der Waals surface area contributed by atoms with Crippen LogP contribution in [0.3, 0.4) is 0 Å². The van der Waals surface area contributed by atoms with Crippen molar-refractivity contribution in [3.05, 3.63) is 12.2 Å². The van der Waals surface area contributed by atoms with Gasteiger partial charge >= 0.3 is 5.97 Å². The number of carboxylic acids is 1. The fourth-order valence-electron chi connectivity index (χ4n) is 1.11. The maximum Gasteiger partial charge on any atom is 0.330 e. The first-order valence-corrected chi connectivity index (χ1v) is 8.05. The number of aliphatic carboxylic acids is 1. The molecule has 0 bridgehead atoms. The lowest BCUT2D eigenvalue weighted by Crippen LogP contribution is -2.14. The Kier molecular flexibility index (Phi) is 24.0. The predicted molar refractivity (Wildman–Crippen MR) is 90.7 cm³/mol. The molecule has 0 radical (unpaired) electrons. The summed E-state index contributed by atoms with van der Waals surface area (Å²) in [4.78, 5) is 9.60. The van der Waals surface area contributed by atoms with Gasteiger partial charge in [0.15, 0.2) is 0 Å². The lowest BCUT2D eigenvalue weighted by Gasteiger charge is -2.07. The van der Waals surface area contributed by atoms with Crippen LogP contribution in [0.15, 0.2) is 12.2 Å². The highest BCUT2D eigenvalue weighted by atomic mass is 16.6. The topological polar surface area (TPSA) is 124 Å². The lowest BCUT2D eigenvalue weighted by molar-refractivity contribution is -0.132. The molecule has 0 heterocycles. The van der Waals surface area contributed by atoms with Gasteiger partial charge < -0.3 is 39.0 Å². The molecule has 0 atom stereocenters. The molecule has 0 amide bonds. The largest absolute Gasteiger partial charge is 0.478 e. The second-order valence-corrected chi connectivity index (χ2v) is 4.59. The van der Waals surface area contributed by atoms with Gasteiger partial charge in [0.05, 0.1) is 79.3 Å². The number of hydrogen-bond acceptors (Lipinski definition) is 8. The molecule has 9 nitrogen and oxygen atoms in total. The number of aliphatic hydroxyl groups is 2. The van der Waals surface area contributed by atoms with Crippen LogP contribution >= 0.6 is 0 Å². The molecule has 0 aromatic heterocycles. The highest BCUT2D eigenvalue weighted by Crippen LogP contribution is 1.83. The van der Waals surface area contributed by atoms with Gasteiger partial charge in [0.1, 0.15) is 0 Å². The summed E-state index contributed by atoms with van der Waals surface area (Å²) in [6.45, 7) is 9.41. The first-order chi connectivity index (χ1) is 12.1. The Morgan fingerprint density at radius 1 is 0.680 bits per heavy atom. The van der Waals surface area contributed by atoms with E-state index in [9.17, 15) is 4.79 Å². The molecule has 0 rings (SSSR count). The third-order valence-corrected chi connectivity index (χ3v) is 2.32. The van der Waals surface area contributed by atoms with Gasteiger partial charge in [0, 0.05) is 5.57 Å². The van der Waals surface area contributed by atoms with E-state index >= 15 is 0 Å². The fraction of sp³-hybridized carbons (Fsp3) is 0.812. The van der Waals surface area contributed by atoms with E-state index in [4.69, 9.17) is 39.0 Å². The van der Waals surface area contributed by atoms with Gasteiger partial charge in [0.25, 0.3) is 0 Å². The van der Waals surface area contributed by atoms with Gasteiger partial charge in [-0.25, -0.2) is 4.79 Å². The van der Waals surface area contributed by atoms with Crippen molar-refractivity contribution in [1.82, 2.24) is 0 Å². The van der Waals surface area contributed by atoms with Gasteiger partial charge in [-0.05, 0) is 6.92 Å². The van der Waals surface area contributed by atoms with E-state index in [1.165, 1.54) is 6.92 Å². The molecule has 0 spiro atoms. The van der Waals surface area contributed by atoms with Crippen LogP contribution in [0.5, 0.6) is 0 Å². The van der Waals surface area contributed by atoms with Gasteiger partial charge in [-0.15, -0.1) is 0 Å². The minimum absolute atomic E-state index is 0.0359. The van der Waals surface area contributed by atoms with E-state index < -0.39 is 5.97 Å². The van der Waals surface area contributed by atoms with Crippen LogP contribution in [0.2, 0.25) is 0 Å². The van der Waals surface area contributed by atoms with Gasteiger partial charge in [0.2, 0.25) is 0 Å². The van der Waals surface area contributed by atoms with Crippen molar-refractivity contribution in [2.45, 2.75) is 6.92 Å². The molecule has 9 heteroatoms. The number of hydrogen-bond donors (Lipinski definition) is 3.